The fraction of sp³-hybridized carbons (Fsp3) is 0.107. The number of nitrogens with one attached hydrogen (secondary N) is 2. The van der Waals surface area contributed by atoms with Gasteiger partial charge in [0.15, 0.2) is 5.11 Å². The van der Waals surface area contributed by atoms with Crippen LogP contribution in [0.2, 0.25) is 0 Å². The van der Waals surface area contributed by atoms with Gasteiger partial charge in [0.25, 0.3) is 11.8 Å². The van der Waals surface area contributed by atoms with E-state index in [-0.39, 0.29) is 16.9 Å². The van der Waals surface area contributed by atoms with Crippen molar-refractivity contribution in [2.75, 3.05) is 23.9 Å². The highest BCUT2D eigenvalue weighted by atomic mass is 127. The number of carbonyl (C=O) groups excluding carboxylic acids is 2. The van der Waals surface area contributed by atoms with Gasteiger partial charge in [-0.15, -0.1) is 0 Å². The number of ether oxygens (including phenoxy) is 1. The van der Waals surface area contributed by atoms with Crippen LogP contribution in [0.25, 0.3) is 10.8 Å². The minimum absolute atomic E-state index is 0.0922. The summed E-state index contributed by atoms with van der Waals surface area (Å²) in [5.74, 6) is 0.281. The second-order valence-corrected chi connectivity index (χ2v) is 9.45. The predicted molar refractivity (Wildman–Crippen MR) is 157 cm³/mol. The summed E-state index contributed by atoms with van der Waals surface area (Å²) in [5.41, 5.74) is 2.56. The summed E-state index contributed by atoms with van der Waals surface area (Å²) in [4.78, 5) is 27.7. The van der Waals surface area contributed by atoms with Gasteiger partial charge in [-0.2, -0.15) is 0 Å². The molecule has 36 heavy (non-hydrogen) atoms. The van der Waals surface area contributed by atoms with Gasteiger partial charge in [-0.05, 0) is 95.6 Å². The number of thiocarbonyl (C=S) groups is 1. The number of amides is 2. The van der Waals surface area contributed by atoms with E-state index in [9.17, 15) is 9.59 Å². The van der Waals surface area contributed by atoms with E-state index in [0.29, 0.717) is 29.1 Å². The number of benzene rings is 4. The van der Waals surface area contributed by atoms with Gasteiger partial charge >= 0.3 is 0 Å². The first-order valence-electron chi connectivity index (χ1n) is 11.3. The molecule has 6 nitrogen and oxygen atoms in total. The number of halogens is 1. The zero-order valence-corrected chi connectivity index (χ0v) is 22.7. The number of fused-ring (bicyclic) bond motifs is 1. The number of methoxy groups -OCH3 is 1. The van der Waals surface area contributed by atoms with Gasteiger partial charge in [-0.25, -0.2) is 0 Å². The lowest BCUT2D eigenvalue weighted by molar-refractivity contribution is 0.0973. The van der Waals surface area contributed by atoms with Crippen molar-refractivity contribution in [3.8, 4) is 5.75 Å². The molecule has 0 saturated carbocycles. The van der Waals surface area contributed by atoms with Crippen molar-refractivity contribution in [3.05, 3.63) is 99.6 Å². The second-order valence-electron chi connectivity index (χ2n) is 7.88. The van der Waals surface area contributed by atoms with E-state index in [1.807, 2.05) is 49.4 Å². The highest BCUT2D eigenvalue weighted by molar-refractivity contribution is 14.1. The number of rotatable bonds is 6. The van der Waals surface area contributed by atoms with Gasteiger partial charge < -0.3 is 15.0 Å². The van der Waals surface area contributed by atoms with Crippen molar-refractivity contribution < 1.29 is 14.3 Å². The zero-order valence-electron chi connectivity index (χ0n) is 19.7. The molecule has 182 valence electrons. The maximum absolute atomic E-state index is 13.3. The van der Waals surface area contributed by atoms with E-state index in [0.717, 1.165) is 20.0 Å². The fourth-order valence-corrected chi connectivity index (χ4v) is 4.81. The van der Waals surface area contributed by atoms with Crippen LogP contribution in [0.3, 0.4) is 0 Å². The maximum atomic E-state index is 13.3. The molecule has 0 bridgehead atoms. The molecule has 0 heterocycles. The molecule has 4 rings (SSSR count). The third kappa shape index (κ3) is 5.66. The van der Waals surface area contributed by atoms with E-state index in [4.69, 9.17) is 17.0 Å². The smallest absolute Gasteiger partial charge is 0.258 e. The Labute approximate surface area is 228 Å². The van der Waals surface area contributed by atoms with Crippen molar-refractivity contribution >= 4 is 73.9 Å². The van der Waals surface area contributed by atoms with Crippen LogP contribution in [0.5, 0.6) is 5.75 Å². The number of hydrogen-bond donors (Lipinski definition) is 2. The quantitative estimate of drug-likeness (QED) is 0.200. The fourth-order valence-electron chi connectivity index (χ4n) is 3.86. The Balaban J connectivity index is 1.43. The van der Waals surface area contributed by atoms with E-state index in [2.05, 4.69) is 33.2 Å². The summed E-state index contributed by atoms with van der Waals surface area (Å²) in [6.07, 6.45) is 0. The number of hydrogen-bond acceptors (Lipinski definition) is 4. The first-order chi connectivity index (χ1) is 17.4. The Morgan fingerprint density at radius 3 is 2.33 bits per heavy atom. The molecule has 4 aromatic rings. The van der Waals surface area contributed by atoms with Crippen LogP contribution < -0.4 is 20.3 Å². The monoisotopic (exact) mass is 609 g/mol. The molecule has 0 aliphatic rings. The molecule has 0 aliphatic carbocycles. The van der Waals surface area contributed by atoms with Crippen LogP contribution in [0, 0.1) is 3.57 Å². The van der Waals surface area contributed by atoms with Crippen molar-refractivity contribution in [2.45, 2.75) is 6.92 Å². The minimum Gasteiger partial charge on any atom is -0.496 e. The normalized spacial score (nSPS) is 10.5. The molecule has 0 spiro atoms. The molecule has 0 radical (unpaired) electrons. The highest BCUT2D eigenvalue weighted by Gasteiger charge is 2.18. The van der Waals surface area contributed by atoms with Crippen molar-refractivity contribution in [3.63, 3.8) is 0 Å². The minimum atomic E-state index is -0.325. The molecule has 2 amide bonds. The van der Waals surface area contributed by atoms with Crippen LogP contribution >= 0.6 is 34.8 Å². The third-order valence-corrected chi connectivity index (χ3v) is 6.70. The lowest BCUT2D eigenvalue weighted by Crippen LogP contribution is -2.34. The first-order valence-corrected chi connectivity index (χ1v) is 12.8. The molecule has 0 saturated heterocycles. The van der Waals surface area contributed by atoms with E-state index < -0.39 is 0 Å². The highest BCUT2D eigenvalue weighted by Crippen LogP contribution is 2.28. The third-order valence-electron chi connectivity index (χ3n) is 5.65. The molecule has 8 heteroatoms. The summed E-state index contributed by atoms with van der Waals surface area (Å²) in [6.45, 7) is 2.49. The van der Waals surface area contributed by atoms with Crippen molar-refractivity contribution in [1.29, 1.82) is 0 Å². The SMILES string of the molecule is CCN(C(=O)c1ccc(NC(=S)NC(=O)c2ccc(OC)c(I)c2)cc1)c1cccc2ccccc12. The van der Waals surface area contributed by atoms with Gasteiger partial charge in [-0.3, -0.25) is 14.9 Å². The van der Waals surface area contributed by atoms with Crippen molar-refractivity contribution in [1.82, 2.24) is 5.32 Å². The van der Waals surface area contributed by atoms with Gasteiger partial charge in [0.1, 0.15) is 5.75 Å². The van der Waals surface area contributed by atoms with Gasteiger partial charge in [-0.1, -0.05) is 36.4 Å². The lowest BCUT2D eigenvalue weighted by Gasteiger charge is -2.23. The predicted octanol–water partition coefficient (Wildman–Crippen LogP) is 6.25. The number of anilines is 2. The van der Waals surface area contributed by atoms with Gasteiger partial charge in [0, 0.05) is 28.7 Å². The molecule has 0 aliphatic heterocycles. The lowest BCUT2D eigenvalue weighted by atomic mass is 10.1. The maximum Gasteiger partial charge on any atom is 0.258 e. The van der Waals surface area contributed by atoms with E-state index in [1.165, 1.54) is 0 Å². The van der Waals surface area contributed by atoms with E-state index >= 15 is 0 Å². The van der Waals surface area contributed by atoms with Crippen LogP contribution in [0.15, 0.2) is 84.9 Å². The summed E-state index contributed by atoms with van der Waals surface area (Å²) < 4.78 is 6.05. The van der Waals surface area contributed by atoms with Gasteiger partial charge in [0.2, 0.25) is 0 Å². The first kappa shape index (κ1) is 25.6. The standard InChI is InChI=1S/C28H24IN3O3S/c1-3-32(24-10-6-8-18-7-4-5-9-22(18)24)27(34)19-11-14-21(15-12-19)30-28(36)31-26(33)20-13-16-25(35-2)23(29)17-20/h4-17H,3H2,1-2H3,(H2,30,31,33,36). The number of nitrogens with zero attached hydrogens (tertiary/aromatic N) is 1. The topological polar surface area (TPSA) is 70.7 Å². The second kappa shape index (κ2) is 11.5. The van der Waals surface area contributed by atoms with Gasteiger partial charge in [0.05, 0.1) is 16.4 Å². The Morgan fingerprint density at radius 1 is 0.944 bits per heavy atom. The van der Waals surface area contributed by atoms with Crippen molar-refractivity contribution in [2.24, 2.45) is 0 Å². The molecule has 4 aromatic carbocycles. The zero-order chi connectivity index (χ0) is 25.7. The average molecular weight is 609 g/mol. The summed E-state index contributed by atoms with van der Waals surface area (Å²) in [5, 5.41) is 7.94. The van der Waals surface area contributed by atoms with Crippen LogP contribution in [0.1, 0.15) is 27.6 Å². The summed E-state index contributed by atoms with van der Waals surface area (Å²) in [6, 6.07) is 26.1. The summed E-state index contributed by atoms with van der Waals surface area (Å²) >= 11 is 7.41. The molecule has 0 atom stereocenters. The Hall–Kier alpha value is -3.50. The average Bonchev–Trinajstić information content (AvgIpc) is 2.89. The molecule has 2 N–H and O–H groups in total. The molecule has 0 aromatic heterocycles. The molecule has 0 fully saturated rings. The number of carbonyl (C=O) groups is 2. The van der Waals surface area contributed by atoms with Crippen LogP contribution in [0.4, 0.5) is 11.4 Å². The Kier molecular flexibility index (Phi) is 8.17. The Bertz CT molecular complexity index is 1430. The van der Waals surface area contributed by atoms with E-state index in [1.54, 1.807) is 54.5 Å². The molecular weight excluding hydrogens is 585 g/mol. The summed E-state index contributed by atoms with van der Waals surface area (Å²) in [7, 11) is 1.58. The van der Waals surface area contributed by atoms with Crippen LogP contribution in [-0.4, -0.2) is 30.6 Å². The Morgan fingerprint density at radius 2 is 1.64 bits per heavy atom. The van der Waals surface area contributed by atoms with Crippen LogP contribution in [-0.2, 0) is 0 Å². The largest absolute Gasteiger partial charge is 0.496 e. The molecule has 0 unspecified atom stereocenters. The molecular formula is C28H24IN3O3S.